The molecule has 0 aliphatic rings. The first-order chi connectivity index (χ1) is 9.86. The highest BCUT2D eigenvalue weighted by molar-refractivity contribution is 7.12. The number of halogens is 3. The molecule has 0 amide bonds. The molecular formula is C15H16F3NOS. The Morgan fingerprint density at radius 3 is 2.43 bits per heavy atom. The Balaban J connectivity index is 2.13. The first-order valence-electron chi connectivity index (χ1n) is 6.44. The molecule has 0 bridgehead atoms. The van der Waals surface area contributed by atoms with E-state index in [2.05, 4.69) is 16.1 Å². The molecule has 0 aliphatic carbocycles. The zero-order chi connectivity index (χ0) is 15.6. The van der Waals surface area contributed by atoms with Gasteiger partial charge in [-0.25, -0.2) is 4.39 Å². The van der Waals surface area contributed by atoms with Crippen molar-refractivity contribution in [3.8, 4) is 5.75 Å². The third-order valence-corrected chi connectivity index (χ3v) is 4.06. The average Bonchev–Trinajstić information content (AvgIpc) is 2.71. The van der Waals surface area contributed by atoms with E-state index in [1.54, 1.807) is 11.3 Å². The molecular weight excluding hydrogens is 299 g/mol. The van der Waals surface area contributed by atoms with Crippen LogP contribution in [0.15, 0.2) is 24.3 Å². The number of alkyl halides is 2. The molecule has 0 saturated carbocycles. The van der Waals surface area contributed by atoms with Crippen LogP contribution in [0, 0.1) is 19.7 Å². The van der Waals surface area contributed by atoms with Crippen molar-refractivity contribution in [3.63, 3.8) is 0 Å². The zero-order valence-electron chi connectivity index (χ0n) is 11.9. The van der Waals surface area contributed by atoms with Gasteiger partial charge in [-0.3, -0.25) is 0 Å². The quantitative estimate of drug-likeness (QED) is 0.810. The lowest BCUT2D eigenvalue weighted by Gasteiger charge is -2.16. The molecule has 0 saturated heterocycles. The van der Waals surface area contributed by atoms with E-state index in [-0.39, 0.29) is 6.04 Å². The lowest BCUT2D eigenvalue weighted by molar-refractivity contribution is -0.0521. The van der Waals surface area contributed by atoms with Crippen LogP contribution in [0.4, 0.5) is 18.9 Å². The van der Waals surface area contributed by atoms with Gasteiger partial charge in [0.15, 0.2) is 11.6 Å². The SMILES string of the molecule is Cc1cc(C(C)Nc2ccc(OC(F)F)c(F)c2)c(C)s1. The van der Waals surface area contributed by atoms with Crippen molar-refractivity contribution in [2.75, 3.05) is 5.32 Å². The predicted octanol–water partition coefficient (Wildman–Crippen LogP) is 5.28. The fourth-order valence-electron chi connectivity index (χ4n) is 2.19. The number of ether oxygens (including phenoxy) is 1. The lowest BCUT2D eigenvalue weighted by atomic mass is 10.1. The van der Waals surface area contributed by atoms with Crippen molar-refractivity contribution >= 4 is 17.0 Å². The molecule has 1 atom stereocenters. The van der Waals surface area contributed by atoms with E-state index in [0.29, 0.717) is 5.69 Å². The first-order valence-corrected chi connectivity index (χ1v) is 7.26. The van der Waals surface area contributed by atoms with E-state index in [1.807, 2.05) is 20.8 Å². The molecule has 6 heteroatoms. The zero-order valence-corrected chi connectivity index (χ0v) is 12.7. The summed E-state index contributed by atoms with van der Waals surface area (Å²) in [4.78, 5) is 2.41. The minimum Gasteiger partial charge on any atom is -0.432 e. The van der Waals surface area contributed by atoms with E-state index in [4.69, 9.17) is 0 Å². The van der Waals surface area contributed by atoms with Gasteiger partial charge in [-0.15, -0.1) is 11.3 Å². The third kappa shape index (κ3) is 3.91. The molecule has 21 heavy (non-hydrogen) atoms. The first kappa shape index (κ1) is 15.7. The molecule has 1 unspecified atom stereocenters. The van der Waals surface area contributed by atoms with Gasteiger partial charge in [0.1, 0.15) is 0 Å². The summed E-state index contributed by atoms with van der Waals surface area (Å²) in [5, 5.41) is 3.16. The maximum Gasteiger partial charge on any atom is 0.387 e. The topological polar surface area (TPSA) is 21.3 Å². The number of hydrogen-bond acceptors (Lipinski definition) is 3. The summed E-state index contributed by atoms with van der Waals surface area (Å²) in [7, 11) is 0. The van der Waals surface area contributed by atoms with Gasteiger partial charge in [-0.05, 0) is 44.5 Å². The lowest BCUT2D eigenvalue weighted by Crippen LogP contribution is -2.08. The number of thiophene rings is 1. The normalized spacial score (nSPS) is 12.5. The highest BCUT2D eigenvalue weighted by Crippen LogP contribution is 2.30. The predicted molar refractivity (Wildman–Crippen MR) is 78.9 cm³/mol. The molecule has 0 radical (unpaired) electrons. The van der Waals surface area contributed by atoms with Gasteiger partial charge in [0.25, 0.3) is 0 Å². The van der Waals surface area contributed by atoms with Crippen LogP contribution in [0.3, 0.4) is 0 Å². The summed E-state index contributed by atoms with van der Waals surface area (Å²) >= 11 is 1.70. The number of hydrogen-bond donors (Lipinski definition) is 1. The van der Waals surface area contributed by atoms with Crippen molar-refractivity contribution in [1.29, 1.82) is 0 Å². The minimum atomic E-state index is -3.03. The second kappa shape index (κ2) is 6.39. The Morgan fingerprint density at radius 2 is 1.90 bits per heavy atom. The van der Waals surface area contributed by atoms with Crippen molar-refractivity contribution in [2.45, 2.75) is 33.4 Å². The third-order valence-electron chi connectivity index (χ3n) is 3.08. The molecule has 114 valence electrons. The monoisotopic (exact) mass is 315 g/mol. The molecule has 2 rings (SSSR count). The van der Waals surface area contributed by atoms with Crippen LogP contribution < -0.4 is 10.1 Å². The molecule has 1 heterocycles. The fourth-order valence-corrected chi connectivity index (χ4v) is 3.21. The van der Waals surface area contributed by atoms with Gasteiger partial charge in [0.2, 0.25) is 0 Å². The largest absolute Gasteiger partial charge is 0.432 e. The van der Waals surface area contributed by atoms with Gasteiger partial charge in [0.05, 0.1) is 0 Å². The molecule has 0 spiro atoms. The Kier molecular flexibility index (Phi) is 4.77. The molecule has 0 fully saturated rings. The van der Waals surface area contributed by atoms with Crippen LogP contribution in [0.5, 0.6) is 5.75 Å². The van der Waals surface area contributed by atoms with E-state index in [9.17, 15) is 13.2 Å². The Labute approximate surface area is 125 Å². The van der Waals surface area contributed by atoms with Crippen LogP contribution in [-0.4, -0.2) is 6.61 Å². The van der Waals surface area contributed by atoms with E-state index >= 15 is 0 Å². The maximum atomic E-state index is 13.7. The second-order valence-corrected chi connectivity index (χ2v) is 6.22. The molecule has 1 N–H and O–H groups in total. The van der Waals surface area contributed by atoms with E-state index in [0.717, 1.165) is 11.6 Å². The highest BCUT2D eigenvalue weighted by atomic mass is 32.1. The molecule has 1 aromatic heterocycles. The van der Waals surface area contributed by atoms with Gasteiger partial charge >= 0.3 is 6.61 Å². The van der Waals surface area contributed by atoms with Crippen molar-refractivity contribution in [2.24, 2.45) is 0 Å². The molecule has 2 nitrogen and oxygen atoms in total. The molecule has 2 aromatic rings. The van der Waals surface area contributed by atoms with Crippen LogP contribution in [0.1, 0.15) is 28.3 Å². The van der Waals surface area contributed by atoms with E-state index in [1.165, 1.54) is 21.9 Å². The van der Waals surface area contributed by atoms with Gasteiger partial charge < -0.3 is 10.1 Å². The molecule has 0 aliphatic heterocycles. The van der Waals surface area contributed by atoms with Crippen LogP contribution in [-0.2, 0) is 0 Å². The number of benzene rings is 1. The Hall–Kier alpha value is -1.69. The summed E-state index contributed by atoms with van der Waals surface area (Å²) < 4.78 is 41.9. The van der Waals surface area contributed by atoms with Crippen molar-refractivity contribution < 1.29 is 17.9 Å². The summed E-state index contributed by atoms with van der Waals surface area (Å²) in [6.07, 6.45) is 0. The van der Waals surface area contributed by atoms with Gasteiger partial charge in [-0.1, -0.05) is 0 Å². The standard InChI is InChI=1S/C15H16F3NOS/c1-8-6-12(10(3)21-8)9(2)19-11-4-5-14(13(16)7-11)20-15(17)18/h4-7,9,15,19H,1-3H3. The Bertz CT molecular complexity index is 627. The maximum absolute atomic E-state index is 13.7. The van der Waals surface area contributed by atoms with Gasteiger partial charge in [-0.2, -0.15) is 8.78 Å². The highest BCUT2D eigenvalue weighted by Gasteiger charge is 2.14. The second-order valence-electron chi connectivity index (χ2n) is 4.76. The van der Waals surface area contributed by atoms with E-state index < -0.39 is 18.2 Å². The average molecular weight is 315 g/mol. The van der Waals surface area contributed by atoms with Crippen molar-refractivity contribution in [1.82, 2.24) is 0 Å². The number of nitrogens with one attached hydrogen (secondary N) is 1. The number of rotatable bonds is 5. The van der Waals surface area contributed by atoms with Crippen LogP contribution in [0.2, 0.25) is 0 Å². The minimum absolute atomic E-state index is 0.00350. The smallest absolute Gasteiger partial charge is 0.387 e. The number of aryl methyl sites for hydroxylation is 2. The van der Waals surface area contributed by atoms with Crippen molar-refractivity contribution in [3.05, 3.63) is 45.4 Å². The summed E-state index contributed by atoms with van der Waals surface area (Å²) in [5.41, 5.74) is 1.66. The Morgan fingerprint density at radius 1 is 1.19 bits per heavy atom. The summed E-state index contributed by atoms with van der Waals surface area (Å²) in [5.74, 6) is -1.27. The summed E-state index contributed by atoms with van der Waals surface area (Å²) in [6, 6.07) is 5.95. The molecule has 1 aromatic carbocycles. The van der Waals surface area contributed by atoms with Gasteiger partial charge in [0, 0.05) is 27.5 Å². The summed E-state index contributed by atoms with van der Waals surface area (Å²) in [6.45, 7) is 3.00. The van der Waals surface area contributed by atoms with Crippen LogP contribution >= 0.6 is 11.3 Å². The number of anilines is 1. The fraction of sp³-hybridized carbons (Fsp3) is 0.333. The van der Waals surface area contributed by atoms with Crippen LogP contribution in [0.25, 0.3) is 0 Å².